The Bertz CT molecular complexity index is 447. The summed E-state index contributed by atoms with van der Waals surface area (Å²) in [5.74, 6) is 1.26. The molecule has 1 unspecified atom stereocenters. The van der Waals surface area contributed by atoms with Crippen LogP contribution in [0.1, 0.15) is 38.8 Å². The van der Waals surface area contributed by atoms with Gasteiger partial charge in [-0.05, 0) is 27.2 Å². The van der Waals surface area contributed by atoms with Gasteiger partial charge >= 0.3 is 5.97 Å². The summed E-state index contributed by atoms with van der Waals surface area (Å²) in [5, 5.41) is 4.27. The summed E-state index contributed by atoms with van der Waals surface area (Å²) in [6.45, 7) is 6.50. The number of aryl methyl sites for hydroxylation is 1. The lowest BCUT2D eigenvalue weighted by atomic mass is 9.99. The number of rotatable bonds is 2. The van der Waals surface area contributed by atoms with Crippen molar-refractivity contribution in [2.24, 2.45) is 11.7 Å². The number of nitrogens with two attached hydrogens (primary N) is 1. The van der Waals surface area contributed by atoms with Crippen molar-refractivity contribution < 1.29 is 9.53 Å². The van der Waals surface area contributed by atoms with Crippen LogP contribution in [0.3, 0.4) is 0 Å². The minimum atomic E-state index is -0.442. The number of ether oxygens (including phenoxy) is 1. The van der Waals surface area contributed by atoms with Crippen LogP contribution in [0.25, 0.3) is 0 Å². The van der Waals surface area contributed by atoms with Gasteiger partial charge in [-0.2, -0.15) is 5.10 Å². The zero-order valence-corrected chi connectivity index (χ0v) is 11.1. The van der Waals surface area contributed by atoms with Gasteiger partial charge in [-0.1, -0.05) is 0 Å². The highest BCUT2D eigenvalue weighted by molar-refractivity contribution is 5.73. The van der Waals surface area contributed by atoms with Gasteiger partial charge in [-0.15, -0.1) is 0 Å². The highest BCUT2D eigenvalue weighted by Gasteiger charge is 2.30. The van der Waals surface area contributed by atoms with E-state index in [9.17, 15) is 4.79 Å². The van der Waals surface area contributed by atoms with Crippen molar-refractivity contribution in [2.45, 2.75) is 52.3 Å². The van der Waals surface area contributed by atoms with Crippen LogP contribution in [0.5, 0.6) is 0 Å². The molecule has 0 fully saturated rings. The maximum Gasteiger partial charge on any atom is 0.311 e. The summed E-state index contributed by atoms with van der Waals surface area (Å²) in [6.07, 6.45) is 1.51. The molecular formula is C12H20N4O2. The molecule has 1 atom stereocenters. The molecular weight excluding hydrogens is 232 g/mol. The van der Waals surface area contributed by atoms with Crippen molar-refractivity contribution in [2.75, 3.05) is 0 Å². The summed E-state index contributed by atoms with van der Waals surface area (Å²) in [4.78, 5) is 16.3. The van der Waals surface area contributed by atoms with E-state index in [2.05, 4.69) is 10.1 Å². The van der Waals surface area contributed by atoms with E-state index >= 15 is 0 Å². The van der Waals surface area contributed by atoms with Crippen LogP contribution in [0, 0.1) is 5.92 Å². The minimum Gasteiger partial charge on any atom is -0.460 e. The Labute approximate surface area is 107 Å². The number of nitrogens with zero attached hydrogens (tertiary/aromatic N) is 3. The number of hydrogen-bond donors (Lipinski definition) is 1. The Balaban J connectivity index is 2.05. The van der Waals surface area contributed by atoms with Crippen LogP contribution in [0.15, 0.2) is 0 Å². The second kappa shape index (κ2) is 4.68. The van der Waals surface area contributed by atoms with Crippen LogP contribution in [-0.4, -0.2) is 26.3 Å². The highest BCUT2D eigenvalue weighted by Crippen LogP contribution is 2.21. The van der Waals surface area contributed by atoms with E-state index in [0.29, 0.717) is 18.9 Å². The van der Waals surface area contributed by atoms with Crippen molar-refractivity contribution >= 4 is 5.97 Å². The number of aromatic nitrogens is 3. The summed E-state index contributed by atoms with van der Waals surface area (Å²) in [7, 11) is 0. The van der Waals surface area contributed by atoms with Crippen molar-refractivity contribution in [3.63, 3.8) is 0 Å². The number of hydrogen-bond acceptors (Lipinski definition) is 5. The van der Waals surface area contributed by atoms with Crippen LogP contribution in [-0.2, 0) is 29.0 Å². The Hall–Kier alpha value is -1.43. The molecule has 0 bridgehead atoms. The average molecular weight is 252 g/mol. The lowest BCUT2D eigenvalue weighted by Crippen LogP contribution is -2.33. The first kappa shape index (κ1) is 13.0. The molecule has 0 saturated heterocycles. The molecule has 0 radical (unpaired) electrons. The highest BCUT2D eigenvalue weighted by atomic mass is 16.6. The molecule has 2 heterocycles. The molecule has 2 N–H and O–H groups in total. The first-order chi connectivity index (χ1) is 8.39. The van der Waals surface area contributed by atoms with Gasteiger partial charge in [0.2, 0.25) is 0 Å². The van der Waals surface area contributed by atoms with Gasteiger partial charge in [-0.3, -0.25) is 4.79 Å². The molecule has 18 heavy (non-hydrogen) atoms. The third kappa shape index (κ3) is 2.87. The largest absolute Gasteiger partial charge is 0.460 e. The molecule has 1 aromatic heterocycles. The number of esters is 1. The van der Waals surface area contributed by atoms with E-state index in [1.807, 2.05) is 20.8 Å². The van der Waals surface area contributed by atoms with E-state index in [-0.39, 0.29) is 11.9 Å². The molecule has 0 spiro atoms. The molecule has 1 aliphatic heterocycles. The van der Waals surface area contributed by atoms with Crippen molar-refractivity contribution in [1.29, 1.82) is 0 Å². The second-order valence-corrected chi connectivity index (χ2v) is 5.60. The Morgan fingerprint density at radius 3 is 2.89 bits per heavy atom. The Kier molecular flexibility index (Phi) is 3.38. The van der Waals surface area contributed by atoms with E-state index in [4.69, 9.17) is 10.5 Å². The standard InChI is InChI=1S/C12H20N4O2/c1-12(2,3)18-11(17)8-4-5-10-14-9(6-13)15-16(10)7-8/h8H,4-7,13H2,1-3H3. The van der Waals surface area contributed by atoms with Gasteiger partial charge in [0.1, 0.15) is 11.4 Å². The fourth-order valence-electron chi connectivity index (χ4n) is 2.02. The van der Waals surface area contributed by atoms with Crippen molar-refractivity contribution in [3.05, 3.63) is 11.6 Å². The van der Waals surface area contributed by atoms with E-state index in [0.717, 1.165) is 18.7 Å². The zero-order chi connectivity index (χ0) is 13.3. The number of carbonyl (C=O) groups is 1. The average Bonchev–Trinajstić information content (AvgIpc) is 2.68. The topological polar surface area (TPSA) is 83.0 Å². The van der Waals surface area contributed by atoms with Gasteiger partial charge in [-0.25, -0.2) is 9.67 Å². The SMILES string of the molecule is CC(C)(C)OC(=O)C1CCc2nc(CN)nn2C1. The van der Waals surface area contributed by atoms with Crippen molar-refractivity contribution in [3.8, 4) is 0 Å². The van der Waals surface area contributed by atoms with Gasteiger partial charge in [0.05, 0.1) is 19.0 Å². The Morgan fingerprint density at radius 1 is 1.56 bits per heavy atom. The molecule has 100 valence electrons. The predicted octanol–water partition coefficient (Wildman–Crippen LogP) is 0.641. The van der Waals surface area contributed by atoms with Gasteiger partial charge in [0.15, 0.2) is 5.82 Å². The molecule has 0 saturated carbocycles. The quantitative estimate of drug-likeness (QED) is 0.781. The van der Waals surface area contributed by atoms with Crippen LogP contribution < -0.4 is 5.73 Å². The first-order valence-corrected chi connectivity index (χ1v) is 6.24. The van der Waals surface area contributed by atoms with Crippen LogP contribution in [0.2, 0.25) is 0 Å². The number of fused-ring (bicyclic) bond motifs is 1. The fraction of sp³-hybridized carbons (Fsp3) is 0.750. The van der Waals surface area contributed by atoms with Gasteiger partial charge in [0.25, 0.3) is 0 Å². The maximum atomic E-state index is 12.0. The molecule has 0 aromatic carbocycles. The third-order valence-electron chi connectivity index (χ3n) is 2.82. The predicted molar refractivity (Wildman–Crippen MR) is 65.6 cm³/mol. The molecule has 2 rings (SSSR count). The molecule has 1 aliphatic rings. The van der Waals surface area contributed by atoms with Crippen LogP contribution >= 0.6 is 0 Å². The van der Waals surface area contributed by atoms with E-state index < -0.39 is 5.60 Å². The van der Waals surface area contributed by atoms with E-state index in [1.165, 1.54) is 0 Å². The zero-order valence-electron chi connectivity index (χ0n) is 11.1. The molecule has 0 aliphatic carbocycles. The van der Waals surface area contributed by atoms with E-state index in [1.54, 1.807) is 4.68 Å². The molecule has 6 nitrogen and oxygen atoms in total. The Morgan fingerprint density at radius 2 is 2.28 bits per heavy atom. The molecule has 1 aromatic rings. The second-order valence-electron chi connectivity index (χ2n) is 5.60. The normalized spacial score (nSPS) is 19.4. The first-order valence-electron chi connectivity index (χ1n) is 6.24. The lowest BCUT2D eigenvalue weighted by molar-refractivity contribution is -0.161. The smallest absolute Gasteiger partial charge is 0.311 e. The third-order valence-corrected chi connectivity index (χ3v) is 2.82. The van der Waals surface area contributed by atoms with Crippen LogP contribution in [0.4, 0.5) is 0 Å². The van der Waals surface area contributed by atoms with Crippen molar-refractivity contribution in [1.82, 2.24) is 14.8 Å². The van der Waals surface area contributed by atoms with Gasteiger partial charge < -0.3 is 10.5 Å². The number of carbonyl (C=O) groups excluding carboxylic acids is 1. The van der Waals surface area contributed by atoms with Gasteiger partial charge in [0, 0.05) is 6.42 Å². The minimum absolute atomic E-state index is 0.135. The summed E-state index contributed by atoms with van der Waals surface area (Å²) in [6, 6.07) is 0. The summed E-state index contributed by atoms with van der Waals surface area (Å²) < 4.78 is 7.18. The molecule has 6 heteroatoms. The summed E-state index contributed by atoms with van der Waals surface area (Å²) >= 11 is 0. The molecule has 0 amide bonds. The maximum absolute atomic E-state index is 12.0. The summed E-state index contributed by atoms with van der Waals surface area (Å²) in [5.41, 5.74) is 5.07. The lowest BCUT2D eigenvalue weighted by Gasteiger charge is -2.26. The fourth-order valence-corrected chi connectivity index (χ4v) is 2.02. The monoisotopic (exact) mass is 252 g/mol.